The molecule has 0 radical (unpaired) electrons. The van der Waals surface area contributed by atoms with Gasteiger partial charge < -0.3 is 19.5 Å². The molecule has 29 heavy (non-hydrogen) atoms. The minimum absolute atomic E-state index is 0.0740. The van der Waals surface area contributed by atoms with E-state index in [9.17, 15) is 14.7 Å². The molecule has 0 saturated carbocycles. The second-order valence-electron chi connectivity index (χ2n) is 6.77. The average molecular weight is 395 g/mol. The summed E-state index contributed by atoms with van der Waals surface area (Å²) in [6.07, 6.45) is 0.866. The third kappa shape index (κ3) is 4.32. The molecule has 6 heteroatoms. The summed E-state index contributed by atoms with van der Waals surface area (Å²) in [6, 6.07) is 15.3. The first-order valence-corrected chi connectivity index (χ1v) is 9.64. The number of carbonyl (C=O) groups is 2. The van der Waals surface area contributed by atoms with Gasteiger partial charge in [-0.25, -0.2) is 0 Å². The Bertz CT molecular complexity index is 906. The zero-order chi connectivity index (χ0) is 20.8. The molecule has 1 unspecified atom stereocenters. The van der Waals surface area contributed by atoms with Gasteiger partial charge in [0.2, 0.25) is 0 Å². The smallest absolute Gasteiger partial charge is 0.295 e. The summed E-state index contributed by atoms with van der Waals surface area (Å²) < 4.78 is 10.8. The Balaban J connectivity index is 2.11. The minimum Gasteiger partial charge on any atom is -0.507 e. The van der Waals surface area contributed by atoms with Gasteiger partial charge in [0.05, 0.1) is 24.8 Å². The van der Waals surface area contributed by atoms with Crippen molar-refractivity contribution in [3.63, 3.8) is 0 Å². The van der Waals surface area contributed by atoms with E-state index in [0.717, 1.165) is 6.42 Å². The topological polar surface area (TPSA) is 76.1 Å². The maximum Gasteiger partial charge on any atom is 0.295 e. The Morgan fingerprint density at radius 1 is 1.07 bits per heavy atom. The van der Waals surface area contributed by atoms with E-state index in [-0.39, 0.29) is 24.5 Å². The van der Waals surface area contributed by atoms with Crippen LogP contribution in [0.1, 0.15) is 30.5 Å². The van der Waals surface area contributed by atoms with Gasteiger partial charge in [-0.15, -0.1) is 0 Å². The normalized spacial score (nSPS) is 18.3. The summed E-state index contributed by atoms with van der Waals surface area (Å²) in [6.45, 7) is 3.10. The monoisotopic (exact) mass is 395 g/mol. The second kappa shape index (κ2) is 9.39. The first-order valence-electron chi connectivity index (χ1n) is 9.64. The van der Waals surface area contributed by atoms with Crippen LogP contribution in [0.4, 0.5) is 0 Å². The van der Waals surface area contributed by atoms with Gasteiger partial charge in [-0.2, -0.15) is 0 Å². The number of benzene rings is 2. The lowest BCUT2D eigenvalue weighted by Gasteiger charge is -2.25. The molecule has 1 amide bonds. The number of Topliss-reactive ketones (excluding diaryl/α,β-unsaturated/α-hetero) is 1. The molecule has 6 nitrogen and oxygen atoms in total. The number of rotatable bonds is 8. The number of aliphatic hydroxyl groups is 1. The van der Waals surface area contributed by atoms with Crippen molar-refractivity contribution < 1.29 is 24.2 Å². The Morgan fingerprint density at radius 3 is 2.52 bits per heavy atom. The van der Waals surface area contributed by atoms with E-state index in [2.05, 4.69) is 0 Å². The molecule has 152 valence electrons. The molecule has 2 aromatic rings. The number of ether oxygens (including phenoxy) is 2. The maximum absolute atomic E-state index is 12.9. The van der Waals surface area contributed by atoms with Crippen LogP contribution in [0.3, 0.4) is 0 Å². The third-order valence-electron chi connectivity index (χ3n) is 4.77. The summed E-state index contributed by atoms with van der Waals surface area (Å²) in [7, 11) is 1.54. The molecule has 1 heterocycles. The number of hydrogen-bond donors (Lipinski definition) is 1. The first kappa shape index (κ1) is 20.6. The maximum atomic E-state index is 12.9. The molecule has 0 aliphatic carbocycles. The molecule has 1 saturated heterocycles. The highest BCUT2D eigenvalue weighted by atomic mass is 16.5. The van der Waals surface area contributed by atoms with Gasteiger partial charge in [0.25, 0.3) is 11.7 Å². The molecule has 0 spiro atoms. The Kier molecular flexibility index (Phi) is 6.67. The number of carbonyl (C=O) groups excluding carboxylic acids is 2. The molecule has 3 rings (SSSR count). The van der Waals surface area contributed by atoms with Crippen molar-refractivity contribution in [1.29, 1.82) is 0 Å². The van der Waals surface area contributed by atoms with Crippen LogP contribution < -0.4 is 4.74 Å². The summed E-state index contributed by atoms with van der Waals surface area (Å²) in [5, 5.41) is 10.9. The molecule has 0 bridgehead atoms. The van der Waals surface area contributed by atoms with Crippen molar-refractivity contribution in [2.75, 3.05) is 26.9 Å². The number of amides is 1. The highest BCUT2D eigenvalue weighted by molar-refractivity contribution is 6.46. The number of likely N-dealkylation sites (tertiary alicyclic amines) is 1. The van der Waals surface area contributed by atoms with E-state index in [1.54, 1.807) is 24.3 Å². The fourth-order valence-corrected chi connectivity index (χ4v) is 3.39. The van der Waals surface area contributed by atoms with E-state index < -0.39 is 17.7 Å². The average Bonchev–Trinajstić information content (AvgIpc) is 3.01. The van der Waals surface area contributed by atoms with E-state index in [1.807, 2.05) is 37.3 Å². The second-order valence-corrected chi connectivity index (χ2v) is 6.77. The quantitative estimate of drug-likeness (QED) is 0.420. The number of methoxy groups -OCH3 is 1. The predicted molar refractivity (Wildman–Crippen MR) is 110 cm³/mol. The van der Waals surface area contributed by atoms with Gasteiger partial charge in [0.1, 0.15) is 11.5 Å². The molecule has 0 aromatic heterocycles. The Labute approximate surface area is 170 Å². The summed E-state index contributed by atoms with van der Waals surface area (Å²) in [5.41, 5.74) is 1.26. The molecule has 1 N–H and O–H groups in total. The van der Waals surface area contributed by atoms with E-state index in [0.29, 0.717) is 23.5 Å². The lowest BCUT2D eigenvalue weighted by atomic mass is 9.95. The van der Waals surface area contributed by atoms with Crippen LogP contribution in [0.15, 0.2) is 60.2 Å². The van der Waals surface area contributed by atoms with Crippen molar-refractivity contribution in [2.24, 2.45) is 0 Å². The standard InChI is InChI=1S/C23H25NO5/c1-3-13-29-18-11-7-10-17(15-18)20-19(21(25)16-8-5-4-6-9-16)22(26)23(27)24(20)12-14-28-2/h4-11,15,20,25H,3,12-14H2,1-2H3. The van der Waals surface area contributed by atoms with Crippen LogP contribution in [-0.2, 0) is 14.3 Å². The highest BCUT2D eigenvalue weighted by Crippen LogP contribution is 2.40. The van der Waals surface area contributed by atoms with E-state index in [1.165, 1.54) is 12.0 Å². The van der Waals surface area contributed by atoms with Crippen LogP contribution >= 0.6 is 0 Å². The first-order chi connectivity index (χ1) is 14.1. The third-order valence-corrected chi connectivity index (χ3v) is 4.77. The lowest BCUT2D eigenvalue weighted by molar-refractivity contribution is -0.140. The van der Waals surface area contributed by atoms with Gasteiger partial charge in [-0.1, -0.05) is 49.4 Å². The predicted octanol–water partition coefficient (Wildman–Crippen LogP) is 3.54. The van der Waals surface area contributed by atoms with Gasteiger partial charge in [0.15, 0.2) is 0 Å². The molecule has 2 aromatic carbocycles. The molecule has 1 fully saturated rings. The van der Waals surface area contributed by atoms with Crippen LogP contribution in [0, 0.1) is 0 Å². The SMILES string of the molecule is CCCOc1cccc(C2C(=C(O)c3ccccc3)C(=O)C(=O)N2CCOC)c1. The van der Waals surface area contributed by atoms with Crippen LogP contribution in [0.25, 0.3) is 5.76 Å². The zero-order valence-electron chi connectivity index (χ0n) is 16.6. The van der Waals surface area contributed by atoms with Gasteiger partial charge >= 0.3 is 0 Å². The van der Waals surface area contributed by atoms with Crippen molar-refractivity contribution in [1.82, 2.24) is 4.90 Å². The number of aliphatic hydroxyl groups excluding tert-OH is 1. The van der Waals surface area contributed by atoms with E-state index >= 15 is 0 Å². The van der Waals surface area contributed by atoms with Gasteiger partial charge in [0, 0.05) is 19.2 Å². The molecule has 1 aliphatic heterocycles. The summed E-state index contributed by atoms with van der Waals surface area (Å²) in [4.78, 5) is 27.0. The van der Waals surface area contributed by atoms with Crippen molar-refractivity contribution >= 4 is 17.4 Å². The van der Waals surface area contributed by atoms with Crippen LogP contribution in [0.2, 0.25) is 0 Å². The Morgan fingerprint density at radius 2 is 1.83 bits per heavy atom. The summed E-state index contributed by atoms with van der Waals surface area (Å²) in [5.74, 6) is -0.883. The van der Waals surface area contributed by atoms with E-state index in [4.69, 9.17) is 9.47 Å². The Hall–Kier alpha value is -3.12. The van der Waals surface area contributed by atoms with Gasteiger partial charge in [-0.05, 0) is 24.1 Å². The lowest BCUT2D eigenvalue weighted by Crippen LogP contribution is -2.32. The number of nitrogens with zero attached hydrogens (tertiary/aromatic N) is 1. The molecular weight excluding hydrogens is 370 g/mol. The molecule has 1 aliphatic rings. The molecular formula is C23H25NO5. The van der Waals surface area contributed by atoms with Crippen LogP contribution in [-0.4, -0.2) is 48.6 Å². The number of ketones is 1. The highest BCUT2D eigenvalue weighted by Gasteiger charge is 2.45. The fraction of sp³-hybridized carbons (Fsp3) is 0.304. The van der Waals surface area contributed by atoms with Crippen molar-refractivity contribution in [3.05, 3.63) is 71.3 Å². The minimum atomic E-state index is -0.712. The summed E-state index contributed by atoms with van der Waals surface area (Å²) >= 11 is 0. The van der Waals surface area contributed by atoms with Crippen molar-refractivity contribution in [2.45, 2.75) is 19.4 Å². The molecule has 1 atom stereocenters. The zero-order valence-corrected chi connectivity index (χ0v) is 16.6. The van der Waals surface area contributed by atoms with Crippen LogP contribution in [0.5, 0.6) is 5.75 Å². The van der Waals surface area contributed by atoms with Crippen molar-refractivity contribution in [3.8, 4) is 5.75 Å². The largest absolute Gasteiger partial charge is 0.507 e. The van der Waals surface area contributed by atoms with Gasteiger partial charge in [-0.3, -0.25) is 9.59 Å². The number of hydrogen-bond acceptors (Lipinski definition) is 5. The fourth-order valence-electron chi connectivity index (χ4n) is 3.39.